The summed E-state index contributed by atoms with van der Waals surface area (Å²) in [4.78, 5) is 7.75. The summed E-state index contributed by atoms with van der Waals surface area (Å²) < 4.78 is 2.12. The molecule has 5 nitrogen and oxygen atoms in total. The number of aromatic nitrogens is 4. The summed E-state index contributed by atoms with van der Waals surface area (Å²) in [5, 5.41) is 10.3. The Hall–Kier alpha value is -2.63. The van der Waals surface area contributed by atoms with Crippen LogP contribution in [0.25, 0.3) is 33.4 Å². The lowest BCUT2D eigenvalue weighted by atomic mass is 9.96. The minimum Gasteiger partial charge on any atom is -0.346 e. The molecule has 0 saturated heterocycles. The second-order valence-corrected chi connectivity index (χ2v) is 7.07. The van der Waals surface area contributed by atoms with E-state index < -0.39 is 0 Å². The number of pyridine rings is 1. The third kappa shape index (κ3) is 2.35. The van der Waals surface area contributed by atoms with E-state index in [1.165, 1.54) is 11.3 Å². The third-order valence-electron chi connectivity index (χ3n) is 4.99. The zero-order chi connectivity index (χ0) is 17.7. The summed E-state index contributed by atoms with van der Waals surface area (Å²) in [5.74, 6) is 0. The Balaban J connectivity index is 1.85. The van der Waals surface area contributed by atoms with Crippen LogP contribution in [0.3, 0.4) is 0 Å². The molecule has 1 aromatic carbocycles. The molecule has 5 rings (SSSR count). The van der Waals surface area contributed by atoms with Gasteiger partial charge in [0.05, 0.1) is 12.2 Å². The first-order valence-corrected chi connectivity index (χ1v) is 9.09. The molecule has 6 heteroatoms. The van der Waals surface area contributed by atoms with Gasteiger partial charge in [0, 0.05) is 47.0 Å². The van der Waals surface area contributed by atoms with Crippen LogP contribution in [-0.2, 0) is 13.1 Å². The van der Waals surface area contributed by atoms with Crippen molar-refractivity contribution < 1.29 is 0 Å². The summed E-state index contributed by atoms with van der Waals surface area (Å²) in [7, 11) is 0. The van der Waals surface area contributed by atoms with E-state index in [0.29, 0.717) is 0 Å². The van der Waals surface area contributed by atoms with Gasteiger partial charge in [-0.2, -0.15) is 5.10 Å². The van der Waals surface area contributed by atoms with Crippen LogP contribution in [0.15, 0.2) is 42.7 Å². The summed E-state index contributed by atoms with van der Waals surface area (Å²) in [5.41, 5.74) is 7.62. The van der Waals surface area contributed by atoms with Gasteiger partial charge in [0.1, 0.15) is 11.3 Å². The number of hydrogen-bond acceptors (Lipinski definition) is 3. The maximum Gasteiger partial charge on any atom is 0.138 e. The number of rotatable bonds is 2. The predicted molar refractivity (Wildman–Crippen MR) is 104 cm³/mol. The summed E-state index contributed by atoms with van der Waals surface area (Å²) in [6.07, 6.45) is 3.87. The Bertz CT molecular complexity index is 1120. The molecule has 0 spiro atoms. The van der Waals surface area contributed by atoms with E-state index in [1.807, 2.05) is 30.6 Å². The summed E-state index contributed by atoms with van der Waals surface area (Å²) in [6.45, 7) is 4.70. The number of nitrogens with zero attached hydrogens (tertiary/aromatic N) is 3. The molecule has 130 valence electrons. The molecular formula is C20H18ClN5. The minimum absolute atomic E-state index is 0.718. The summed E-state index contributed by atoms with van der Waals surface area (Å²) in [6, 6.07) is 10.0. The lowest BCUT2D eigenvalue weighted by Gasteiger charge is -2.16. The number of aryl methyl sites for hydroxylation is 1. The largest absolute Gasteiger partial charge is 0.346 e. The normalized spacial score (nSPS) is 13.9. The van der Waals surface area contributed by atoms with Gasteiger partial charge in [-0.3, -0.25) is 4.68 Å². The molecule has 0 bridgehead atoms. The standard InChI is InChI=1S/C20H18ClN5/c1-12-10-24-20-17(12)15(5-6-23-20)18-16-11-22-7-8-26(16)25-19(18)13-3-2-4-14(21)9-13/h2-6,9-10,22H,7-8,11H2,1H3,(H,23,24). The monoisotopic (exact) mass is 363 g/mol. The number of H-pyrrole nitrogens is 1. The second kappa shape index (κ2) is 5.97. The average molecular weight is 364 g/mol. The Kier molecular flexibility index (Phi) is 3.58. The van der Waals surface area contributed by atoms with Crippen LogP contribution in [0.4, 0.5) is 0 Å². The van der Waals surface area contributed by atoms with Gasteiger partial charge in [-0.25, -0.2) is 4.98 Å². The van der Waals surface area contributed by atoms with Gasteiger partial charge in [-0.1, -0.05) is 23.7 Å². The van der Waals surface area contributed by atoms with E-state index >= 15 is 0 Å². The highest BCUT2D eigenvalue weighted by Crippen LogP contribution is 2.39. The fourth-order valence-corrected chi connectivity index (χ4v) is 3.99. The number of halogens is 1. The predicted octanol–water partition coefficient (Wildman–Crippen LogP) is 4.16. The van der Waals surface area contributed by atoms with E-state index in [0.717, 1.165) is 58.1 Å². The maximum absolute atomic E-state index is 6.26. The Morgan fingerprint density at radius 2 is 2.15 bits per heavy atom. The molecule has 4 aromatic rings. The molecule has 1 aliphatic rings. The van der Waals surface area contributed by atoms with Crippen LogP contribution in [0.1, 0.15) is 11.3 Å². The van der Waals surface area contributed by atoms with Crippen LogP contribution in [0.5, 0.6) is 0 Å². The highest BCUT2D eigenvalue weighted by molar-refractivity contribution is 6.30. The SMILES string of the molecule is Cc1c[nH]c2nccc(-c3c(-c4cccc(Cl)c4)nn4c3CNCC4)c12. The van der Waals surface area contributed by atoms with Crippen molar-refractivity contribution in [2.24, 2.45) is 0 Å². The van der Waals surface area contributed by atoms with Gasteiger partial charge in [0.15, 0.2) is 0 Å². The van der Waals surface area contributed by atoms with Gasteiger partial charge in [0.2, 0.25) is 0 Å². The average Bonchev–Trinajstić information content (AvgIpc) is 3.23. The molecule has 2 N–H and O–H groups in total. The van der Waals surface area contributed by atoms with E-state index in [-0.39, 0.29) is 0 Å². The molecular weight excluding hydrogens is 346 g/mol. The van der Waals surface area contributed by atoms with Crippen molar-refractivity contribution in [3.05, 3.63) is 59.0 Å². The maximum atomic E-state index is 6.26. The zero-order valence-electron chi connectivity index (χ0n) is 14.4. The first-order chi connectivity index (χ1) is 12.7. The quantitative estimate of drug-likeness (QED) is 0.562. The van der Waals surface area contributed by atoms with Crippen LogP contribution < -0.4 is 5.32 Å². The van der Waals surface area contributed by atoms with Crippen molar-refractivity contribution in [1.29, 1.82) is 0 Å². The van der Waals surface area contributed by atoms with Crippen molar-refractivity contribution in [2.45, 2.75) is 20.0 Å². The molecule has 0 atom stereocenters. The number of aromatic amines is 1. The minimum atomic E-state index is 0.718. The van der Waals surface area contributed by atoms with E-state index in [1.54, 1.807) is 0 Å². The molecule has 0 radical (unpaired) electrons. The van der Waals surface area contributed by atoms with Crippen LogP contribution in [-0.4, -0.2) is 26.3 Å². The first kappa shape index (κ1) is 15.6. The van der Waals surface area contributed by atoms with Crippen molar-refractivity contribution in [3.63, 3.8) is 0 Å². The van der Waals surface area contributed by atoms with Gasteiger partial charge in [0.25, 0.3) is 0 Å². The Labute approximate surface area is 156 Å². The van der Waals surface area contributed by atoms with Crippen molar-refractivity contribution in [2.75, 3.05) is 6.54 Å². The highest BCUT2D eigenvalue weighted by atomic mass is 35.5. The summed E-state index contributed by atoms with van der Waals surface area (Å²) >= 11 is 6.26. The molecule has 3 aromatic heterocycles. The molecule has 4 heterocycles. The smallest absolute Gasteiger partial charge is 0.138 e. The molecule has 1 aliphatic heterocycles. The second-order valence-electron chi connectivity index (χ2n) is 6.63. The van der Waals surface area contributed by atoms with Crippen molar-refractivity contribution in [1.82, 2.24) is 25.1 Å². The lowest BCUT2D eigenvalue weighted by Crippen LogP contribution is -2.28. The molecule has 26 heavy (non-hydrogen) atoms. The molecule has 0 unspecified atom stereocenters. The van der Waals surface area contributed by atoms with Gasteiger partial charge in [-0.05, 0) is 36.2 Å². The Morgan fingerprint density at radius 3 is 3.04 bits per heavy atom. The number of hydrogen-bond donors (Lipinski definition) is 2. The van der Waals surface area contributed by atoms with Gasteiger partial charge >= 0.3 is 0 Å². The zero-order valence-corrected chi connectivity index (χ0v) is 15.1. The number of benzene rings is 1. The topological polar surface area (TPSA) is 58.5 Å². The fourth-order valence-electron chi connectivity index (χ4n) is 3.80. The van der Waals surface area contributed by atoms with Gasteiger partial charge in [-0.15, -0.1) is 0 Å². The highest BCUT2D eigenvalue weighted by Gasteiger charge is 2.24. The number of fused-ring (bicyclic) bond motifs is 2. The molecule has 0 aliphatic carbocycles. The van der Waals surface area contributed by atoms with E-state index in [9.17, 15) is 0 Å². The van der Waals surface area contributed by atoms with Crippen LogP contribution >= 0.6 is 11.6 Å². The van der Waals surface area contributed by atoms with Crippen molar-refractivity contribution >= 4 is 22.6 Å². The fraction of sp³-hybridized carbons (Fsp3) is 0.200. The van der Waals surface area contributed by atoms with E-state index in [4.69, 9.17) is 16.7 Å². The lowest BCUT2D eigenvalue weighted by molar-refractivity contribution is 0.477. The number of nitrogens with one attached hydrogen (secondary N) is 2. The van der Waals surface area contributed by atoms with E-state index in [2.05, 4.69) is 39.0 Å². The molecule has 0 amide bonds. The third-order valence-corrected chi connectivity index (χ3v) is 5.22. The molecule has 0 fully saturated rings. The van der Waals surface area contributed by atoms with Crippen molar-refractivity contribution in [3.8, 4) is 22.4 Å². The molecule has 0 saturated carbocycles. The van der Waals surface area contributed by atoms with Crippen LogP contribution in [0, 0.1) is 6.92 Å². The Morgan fingerprint density at radius 1 is 1.23 bits per heavy atom. The first-order valence-electron chi connectivity index (χ1n) is 8.72. The van der Waals surface area contributed by atoms with Crippen LogP contribution in [0.2, 0.25) is 5.02 Å². The van der Waals surface area contributed by atoms with Gasteiger partial charge < -0.3 is 10.3 Å².